The van der Waals surface area contributed by atoms with E-state index in [1.807, 2.05) is 45.0 Å². The van der Waals surface area contributed by atoms with Crippen molar-refractivity contribution in [2.24, 2.45) is 11.7 Å². The summed E-state index contributed by atoms with van der Waals surface area (Å²) < 4.78 is 5.53. The van der Waals surface area contributed by atoms with Crippen LogP contribution in [0.15, 0.2) is 24.3 Å². The second-order valence-corrected chi connectivity index (χ2v) is 4.61. The zero-order chi connectivity index (χ0) is 13.7. The van der Waals surface area contributed by atoms with Crippen LogP contribution in [0.4, 0.5) is 0 Å². The van der Waals surface area contributed by atoms with Crippen LogP contribution in [-0.4, -0.2) is 17.2 Å². The Morgan fingerprint density at radius 3 is 2.28 bits per heavy atom. The molecule has 0 aromatic heterocycles. The van der Waals surface area contributed by atoms with Gasteiger partial charge in [-0.1, -0.05) is 19.1 Å². The minimum Gasteiger partial charge on any atom is -0.491 e. The Kier molecular flexibility index (Phi) is 5.16. The first kappa shape index (κ1) is 14.5. The molecule has 1 aromatic rings. The Morgan fingerprint density at radius 2 is 1.89 bits per heavy atom. The zero-order valence-electron chi connectivity index (χ0n) is 11.1. The van der Waals surface area contributed by atoms with Gasteiger partial charge in [-0.15, -0.1) is 0 Å². The molecule has 2 unspecified atom stereocenters. The van der Waals surface area contributed by atoms with Gasteiger partial charge in [0.2, 0.25) is 0 Å². The highest BCUT2D eigenvalue weighted by Crippen LogP contribution is 2.24. The van der Waals surface area contributed by atoms with Gasteiger partial charge in [0.15, 0.2) is 0 Å². The molecule has 0 fully saturated rings. The Bertz CT molecular complexity index is 387. The second-order valence-electron chi connectivity index (χ2n) is 4.61. The number of ether oxygens (including phenoxy) is 1. The van der Waals surface area contributed by atoms with Crippen molar-refractivity contribution in [3.63, 3.8) is 0 Å². The van der Waals surface area contributed by atoms with Gasteiger partial charge in [0.25, 0.3) is 0 Å². The number of benzene rings is 1. The highest BCUT2D eigenvalue weighted by Gasteiger charge is 2.24. The predicted octanol–water partition coefficient (Wildman–Crippen LogP) is 2.58. The number of carboxylic acids is 1. The Hall–Kier alpha value is -1.55. The number of rotatable bonds is 6. The number of nitrogens with two attached hydrogens (primary N) is 1. The number of carbonyl (C=O) groups is 1. The van der Waals surface area contributed by atoms with E-state index in [2.05, 4.69) is 0 Å². The summed E-state index contributed by atoms with van der Waals surface area (Å²) in [5.74, 6) is -0.640. The summed E-state index contributed by atoms with van der Waals surface area (Å²) in [5.41, 5.74) is 6.80. The van der Waals surface area contributed by atoms with E-state index in [0.29, 0.717) is 6.42 Å². The van der Waals surface area contributed by atoms with E-state index in [0.717, 1.165) is 11.3 Å². The number of hydrogen-bond donors (Lipinski definition) is 2. The zero-order valence-corrected chi connectivity index (χ0v) is 11.1. The molecule has 4 nitrogen and oxygen atoms in total. The summed E-state index contributed by atoms with van der Waals surface area (Å²) in [7, 11) is 0. The van der Waals surface area contributed by atoms with Crippen molar-refractivity contribution in [2.45, 2.75) is 39.3 Å². The van der Waals surface area contributed by atoms with Crippen LogP contribution in [0.3, 0.4) is 0 Å². The van der Waals surface area contributed by atoms with E-state index in [-0.39, 0.29) is 6.10 Å². The molecule has 0 aliphatic carbocycles. The lowest BCUT2D eigenvalue weighted by Gasteiger charge is -2.19. The molecule has 0 saturated carbocycles. The topological polar surface area (TPSA) is 72.5 Å². The summed E-state index contributed by atoms with van der Waals surface area (Å²) in [6.45, 7) is 5.74. The quantitative estimate of drug-likeness (QED) is 0.815. The van der Waals surface area contributed by atoms with Gasteiger partial charge in [-0.2, -0.15) is 0 Å². The molecule has 100 valence electrons. The molecule has 1 aromatic carbocycles. The standard InChI is InChI=1S/C14H21NO3/c1-4-12(14(16)17)13(15)10-5-7-11(8-6-10)18-9(2)3/h5-9,12-13H,4,15H2,1-3H3,(H,16,17). The average molecular weight is 251 g/mol. The lowest BCUT2D eigenvalue weighted by Crippen LogP contribution is -2.27. The smallest absolute Gasteiger partial charge is 0.308 e. The molecule has 0 aliphatic rings. The van der Waals surface area contributed by atoms with Crippen molar-refractivity contribution >= 4 is 5.97 Å². The van der Waals surface area contributed by atoms with Crippen molar-refractivity contribution in [1.82, 2.24) is 0 Å². The molecule has 4 heteroatoms. The molecule has 0 bridgehead atoms. The summed E-state index contributed by atoms with van der Waals surface area (Å²) in [4.78, 5) is 11.1. The molecular formula is C14H21NO3. The Morgan fingerprint density at radius 1 is 1.33 bits per heavy atom. The van der Waals surface area contributed by atoms with Gasteiger partial charge in [-0.05, 0) is 38.0 Å². The average Bonchev–Trinajstić information content (AvgIpc) is 2.29. The molecule has 0 radical (unpaired) electrons. The van der Waals surface area contributed by atoms with E-state index >= 15 is 0 Å². The van der Waals surface area contributed by atoms with E-state index in [1.54, 1.807) is 0 Å². The SMILES string of the molecule is CCC(C(=O)O)C(N)c1ccc(OC(C)C)cc1. The fourth-order valence-electron chi connectivity index (χ4n) is 1.86. The lowest BCUT2D eigenvalue weighted by molar-refractivity contribution is -0.142. The van der Waals surface area contributed by atoms with Crippen LogP contribution < -0.4 is 10.5 Å². The highest BCUT2D eigenvalue weighted by molar-refractivity contribution is 5.71. The molecule has 0 heterocycles. The van der Waals surface area contributed by atoms with Crippen LogP contribution >= 0.6 is 0 Å². The van der Waals surface area contributed by atoms with E-state index in [1.165, 1.54) is 0 Å². The van der Waals surface area contributed by atoms with Crippen LogP contribution in [0.2, 0.25) is 0 Å². The first-order valence-corrected chi connectivity index (χ1v) is 6.20. The summed E-state index contributed by atoms with van der Waals surface area (Å²) in [6, 6.07) is 6.82. The molecule has 0 aliphatic heterocycles. The molecule has 0 spiro atoms. The van der Waals surface area contributed by atoms with Gasteiger partial charge in [-0.25, -0.2) is 0 Å². The molecule has 3 N–H and O–H groups in total. The van der Waals surface area contributed by atoms with Gasteiger partial charge in [-0.3, -0.25) is 4.79 Å². The van der Waals surface area contributed by atoms with E-state index in [9.17, 15) is 4.79 Å². The number of aliphatic carboxylic acids is 1. The first-order valence-electron chi connectivity index (χ1n) is 6.20. The lowest BCUT2D eigenvalue weighted by atomic mass is 9.92. The predicted molar refractivity (Wildman–Crippen MR) is 70.6 cm³/mol. The molecule has 0 saturated heterocycles. The molecule has 18 heavy (non-hydrogen) atoms. The van der Waals surface area contributed by atoms with Crippen molar-refractivity contribution in [3.8, 4) is 5.75 Å². The van der Waals surface area contributed by atoms with Crippen molar-refractivity contribution < 1.29 is 14.6 Å². The number of carboxylic acid groups (broad SMARTS) is 1. The normalized spacial score (nSPS) is 14.3. The summed E-state index contributed by atoms with van der Waals surface area (Å²) >= 11 is 0. The third-order valence-corrected chi connectivity index (χ3v) is 2.83. The largest absolute Gasteiger partial charge is 0.491 e. The highest BCUT2D eigenvalue weighted by atomic mass is 16.5. The fourth-order valence-corrected chi connectivity index (χ4v) is 1.86. The van der Waals surface area contributed by atoms with Crippen LogP contribution in [-0.2, 0) is 4.79 Å². The maximum atomic E-state index is 11.1. The molecular weight excluding hydrogens is 230 g/mol. The van der Waals surface area contributed by atoms with Gasteiger partial charge >= 0.3 is 5.97 Å². The third kappa shape index (κ3) is 3.74. The molecule has 1 rings (SSSR count). The monoisotopic (exact) mass is 251 g/mol. The third-order valence-electron chi connectivity index (χ3n) is 2.83. The van der Waals surface area contributed by atoms with Crippen molar-refractivity contribution in [1.29, 1.82) is 0 Å². The maximum absolute atomic E-state index is 11.1. The Labute approximate surface area is 108 Å². The summed E-state index contributed by atoms with van der Waals surface area (Å²) in [6.07, 6.45) is 0.632. The van der Waals surface area contributed by atoms with Gasteiger partial charge in [0, 0.05) is 6.04 Å². The minimum absolute atomic E-state index is 0.118. The van der Waals surface area contributed by atoms with Crippen molar-refractivity contribution in [3.05, 3.63) is 29.8 Å². The van der Waals surface area contributed by atoms with Crippen molar-refractivity contribution in [2.75, 3.05) is 0 Å². The maximum Gasteiger partial charge on any atom is 0.308 e. The van der Waals surface area contributed by atoms with E-state index in [4.69, 9.17) is 15.6 Å². The molecule has 2 atom stereocenters. The molecule has 0 amide bonds. The van der Waals surface area contributed by atoms with Crippen LogP contribution in [0.1, 0.15) is 38.8 Å². The first-order chi connectivity index (χ1) is 8.45. The van der Waals surface area contributed by atoms with Crippen LogP contribution in [0.25, 0.3) is 0 Å². The number of hydrogen-bond acceptors (Lipinski definition) is 3. The fraction of sp³-hybridized carbons (Fsp3) is 0.500. The summed E-state index contributed by atoms with van der Waals surface area (Å²) in [5, 5.41) is 9.07. The van der Waals surface area contributed by atoms with Crippen LogP contribution in [0.5, 0.6) is 5.75 Å². The minimum atomic E-state index is -0.854. The van der Waals surface area contributed by atoms with Crippen LogP contribution in [0, 0.1) is 5.92 Å². The van der Waals surface area contributed by atoms with Gasteiger partial charge in [0.05, 0.1) is 12.0 Å². The van der Waals surface area contributed by atoms with Gasteiger partial charge < -0.3 is 15.6 Å². The van der Waals surface area contributed by atoms with Gasteiger partial charge in [0.1, 0.15) is 5.75 Å². The van der Waals surface area contributed by atoms with E-state index < -0.39 is 17.9 Å². The second kappa shape index (κ2) is 6.40. The Balaban J connectivity index is 2.80.